The molecule has 0 aliphatic rings. The van der Waals surface area contributed by atoms with E-state index in [4.69, 9.17) is 15.7 Å². The van der Waals surface area contributed by atoms with E-state index in [2.05, 4.69) is 5.16 Å². The van der Waals surface area contributed by atoms with Gasteiger partial charge in [0.05, 0.1) is 0 Å². The molecule has 1 heterocycles. The SMILES string of the molecule is N=C(N)c1ccc(-c2ccon2)cc1. The molecular formula is C10H9N3O. The van der Waals surface area contributed by atoms with Crippen molar-refractivity contribution in [1.82, 2.24) is 5.16 Å². The Balaban J connectivity index is 2.36. The quantitative estimate of drug-likeness (QED) is 0.554. The van der Waals surface area contributed by atoms with Gasteiger partial charge in [-0.25, -0.2) is 0 Å². The first-order valence-corrected chi connectivity index (χ1v) is 4.12. The molecule has 0 radical (unpaired) electrons. The average Bonchev–Trinajstić information content (AvgIpc) is 2.71. The highest BCUT2D eigenvalue weighted by Gasteiger charge is 2.01. The van der Waals surface area contributed by atoms with Gasteiger partial charge < -0.3 is 10.3 Å². The standard InChI is InChI=1S/C10H9N3O/c11-10(12)8-3-1-7(2-4-8)9-5-6-14-13-9/h1-6H,(H3,11,12). The molecule has 2 aromatic rings. The molecule has 0 saturated heterocycles. The van der Waals surface area contributed by atoms with E-state index in [-0.39, 0.29) is 5.84 Å². The molecule has 0 spiro atoms. The maximum absolute atomic E-state index is 7.22. The number of nitrogens with two attached hydrogens (primary N) is 1. The molecule has 0 bridgehead atoms. The van der Waals surface area contributed by atoms with Crippen molar-refractivity contribution >= 4 is 5.84 Å². The van der Waals surface area contributed by atoms with Crippen LogP contribution in [0.15, 0.2) is 41.1 Å². The molecule has 0 atom stereocenters. The van der Waals surface area contributed by atoms with Gasteiger partial charge in [-0.1, -0.05) is 29.4 Å². The number of hydrogen-bond acceptors (Lipinski definition) is 3. The Hall–Kier alpha value is -2.10. The van der Waals surface area contributed by atoms with E-state index < -0.39 is 0 Å². The molecule has 0 fully saturated rings. The summed E-state index contributed by atoms with van der Waals surface area (Å²) in [6.45, 7) is 0. The maximum atomic E-state index is 7.22. The lowest BCUT2D eigenvalue weighted by Crippen LogP contribution is -2.10. The van der Waals surface area contributed by atoms with Crippen LogP contribution in [0.5, 0.6) is 0 Å². The van der Waals surface area contributed by atoms with E-state index in [0.29, 0.717) is 5.56 Å². The molecular weight excluding hydrogens is 178 g/mol. The topological polar surface area (TPSA) is 75.9 Å². The first kappa shape index (κ1) is 8.50. The number of amidine groups is 1. The van der Waals surface area contributed by atoms with Crippen LogP contribution in [-0.4, -0.2) is 11.0 Å². The fraction of sp³-hybridized carbons (Fsp3) is 0. The largest absolute Gasteiger partial charge is 0.384 e. The minimum absolute atomic E-state index is 0.0664. The summed E-state index contributed by atoms with van der Waals surface area (Å²) in [6.07, 6.45) is 1.52. The van der Waals surface area contributed by atoms with Crippen LogP contribution in [-0.2, 0) is 0 Å². The number of nitrogen functional groups attached to an aromatic ring is 1. The van der Waals surface area contributed by atoms with Crippen LogP contribution in [0.4, 0.5) is 0 Å². The number of benzene rings is 1. The first-order valence-electron chi connectivity index (χ1n) is 4.12. The molecule has 1 aromatic carbocycles. The van der Waals surface area contributed by atoms with Crippen LogP contribution in [0.25, 0.3) is 11.3 Å². The molecule has 0 saturated carbocycles. The predicted octanol–water partition coefficient (Wildman–Crippen LogP) is 1.63. The molecule has 4 heteroatoms. The third-order valence-electron chi connectivity index (χ3n) is 1.93. The maximum Gasteiger partial charge on any atom is 0.124 e. The molecule has 1 aromatic heterocycles. The van der Waals surface area contributed by atoms with Crippen molar-refractivity contribution in [1.29, 1.82) is 5.41 Å². The Kier molecular flexibility index (Phi) is 2.02. The fourth-order valence-corrected chi connectivity index (χ4v) is 1.18. The second kappa shape index (κ2) is 3.33. The molecule has 0 aliphatic carbocycles. The van der Waals surface area contributed by atoms with E-state index >= 15 is 0 Å². The number of nitrogens with zero attached hydrogens (tertiary/aromatic N) is 1. The second-order valence-electron chi connectivity index (χ2n) is 2.88. The second-order valence-corrected chi connectivity index (χ2v) is 2.88. The lowest BCUT2D eigenvalue weighted by molar-refractivity contribution is 0.422. The Morgan fingerprint density at radius 2 is 1.93 bits per heavy atom. The zero-order chi connectivity index (χ0) is 9.97. The van der Waals surface area contributed by atoms with Gasteiger partial charge in [0, 0.05) is 17.2 Å². The summed E-state index contributed by atoms with van der Waals surface area (Å²) in [5.74, 6) is 0.0664. The Bertz CT molecular complexity index is 431. The van der Waals surface area contributed by atoms with Gasteiger partial charge >= 0.3 is 0 Å². The van der Waals surface area contributed by atoms with Crippen molar-refractivity contribution < 1.29 is 4.52 Å². The summed E-state index contributed by atoms with van der Waals surface area (Å²) in [4.78, 5) is 0. The van der Waals surface area contributed by atoms with Gasteiger partial charge in [0.25, 0.3) is 0 Å². The monoisotopic (exact) mass is 187 g/mol. The van der Waals surface area contributed by atoms with Crippen molar-refractivity contribution in [2.24, 2.45) is 5.73 Å². The summed E-state index contributed by atoms with van der Waals surface area (Å²) < 4.78 is 4.73. The molecule has 3 N–H and O–H groups in total. The molecule has 0 amide bonds. The van der Waals surface area contributed by atoms with Crippen LogP contribution >= 0.6 is 0 Å². The summed E-state index contributed by atoms with van der Waals surface area (Å²) in [6, 6.07) is 9.06. The van der Waals surface area contributed by atoms with Crippen molar-refractivity contribution in [2.45, 2.75) is 0 Å². The minimum atomic E-state index is 0.0664. The third kappa shape index (κ3) is 1.50. The molecule has 0 aliphatic heterocycles. The number of rotatable bonds is 2. The summed E-state index contributed by atoms with van der Waals surface area (Å²) >= 11 is 0. The summed E-state index contributed by atoms with van der Waals surface area (Å²) in [5, 5.41) is 11.0. The summed E-state index contributed by atoms with van der Waals surface area (Å²) in [5.41, 5.74) is 7.76. The summed E-state index contributed by atoms with van der Waals surface area (Å²) in [7, 11) is 0. The van der Waals surface area contributed by atoms with Gasteiger partial charge in [-0.2, -0.15) is 0 Å². The fourth-order valence-electron chi connectivity index (χ4n) is 1.18. The van der Waals surface area contributed by atoms with Crippen LogP contribution in [0.1, 0.15) is 5.56 Å². The van der Waals surface area contributed by atoms with Gasteiger partial charge in [0.1, 0.15) is 17.8 Å². The molecule has 14 heavy (non-hydrogen) atoms. The number of hydrogen-bond donors (Lipinski definition) is 2. The van der Waals surface area contributed by atoms with E-state index in [1.54, 1.807) is 18.2 Å². The van der Waals surface area contributed by atoms with Gasteiger partial charge in [-0.15, -0.1) is 0 Å². The van der Waals surface area contributed by atoms with E-state index in [9.17, 15) is 0 Å². The smallest absolute Gasteiger partial charge is 0.124 e. The van der Waals surface area contributed by atoms with Crippen LogP contribution < -0.4 is 5.73 Å². The van der Waals surface area contributed by atoms with Crippen molar-refractivity contribution in [3.63, 3.8) is 0 Å². The number of aromatic nitrogens is 1. The normalized spacial score (nSPS) is 10.0. The Labute approximate surface area is 80.8 Å². The highest BCUT2D eigenvalue weighted by atomic mass is 16.5. The molecule has 4 nitrogen and oxygen atoms in total. The molecule has 2 rings (SSSR count). The lowest BCUT2D eigenvalue weighted by Gasteiger charge is -1.98. The van der Waals surface area contributed by atoms with Crippen LogP contribution in [0.3, 0.4) is 0 Å². The van der Waals surface area contributed by atoms with E-state index in [0.717, 1.165) is 11.3 Å². The van der Waals surface area contributed by atoms with Crippen LogP contribution in [0.2, 0.25) is 0 Å². The van der Waals surface area contributed by atoms with Gasteiger partial charge in [0.15, 0.2) is 0 Å². The minimum Gasteiger partial charge on any atom is -0.384 e. The predicted molar refractivity (Wildman–Crippen MR) is 53.0 cm³/mol. The lowest BCUT2D eigenvalue weighted by atomic mass is 10.1. The average molecular weight is 187 g/mol. The van der Waals surface area contributed by atoms with Gasteiger partial charge in [0.2, 0.25) is 0 Å². The molecule has 0 unspecified atom stereocenters. The highest BCUT2D eigenvalue weighted by molar-refractivity contribution is 5.95. The van der Waals surface area contributed by atoms with Crippen molar-refractivity contribution in [2.75, 3.05) is 0 Å². The van der Waals surface area contributed by atoms with Gasteiger partial charge in [-0.3, -0.25) is 5.41 Å². The Morgan fingerprint density at radius 1 is 1.21 bits per heavy atom. The zero-order valence-electron chi connectivity index (χ0n) is 7.40. The Morgan fingerprint density at radius 3 is 2.43 bits per heavy atom. The first-order chi connectivity index (χ1) is 6.77. The van der Waals surface area contributed by atoms with Crippen molar-refractivity contribution in [3.8, 4) is 11.3 Å². The van der Waals surface area contributed by atoms with Gasteiger partial charge in [-0.05, 0) is 0 Å². The van der Waals surface area contributed by atoms with E-state index in [1.807, 2.05) is 12.1 Å². The molecule has 70 valence electrons. The van der Waals surface area contributed by atoms with Crippen molar-refractivity contribution in [3.05, 3.63) is 42.2 Å². The van der Waals surface area contributed by atoms with E-state index in [1.165, 1.54) is 6.26 Å². The highest BCUT2D eigenvalue weighted by Crippen LogP contribution is 2.16. The zero-order valence-corrected chi connectivity index (χ0v) is 7.40. The third-order valence-corrected chi connectivity index (χ3v) is 1.93. The van der Waals surface area contributed by atoms with Crippen LogP contribution in [0, 0.1) is 5.41 Å². The number of nitrogens with one attached hydrogen (secondary N) is 1.